The van der Waals surface area contributed by atoms with Gasteiger partial charge < -0.3 is 20.3 Å². The number of ether oxygens (including phenoxy) is 1. The average molecular weight is 356 g/mol. The molecular weight excluding hydrogens is 334 g/mol. The second kappa shape index (κ2) is 7.77. The zero-order chi connectivity index (χ0) is 15.2. The van der Waals surface area contributed by atoms with Crippen LogP contribution in [-0.4, -0.2) is 45.3 Å². The van der Waals surface area contributed by atoms with Gasteiger partial charge in [0.25, 0.3) is 0 Å². The van der Waals surface area contributed by atoms with Gasteiger partial charge in [0.15, 0.2) is 0 Å². The fraction of sp³-hybridized carbons (Fsp3) is 0.533. The number of anilines is 1. The number of nitrogens with one attached hydrogen (secondary N) is 2. The zero-order valence-corrected chi connectivity index (χ0v) is 14.1. The van der Waals surface area contributed by atoms with Crippen LogP contribution in [-0.2, 0) is 16.1 Å². The first-order valence-electron chi connectivity index (χ1n) is 7.22. The fourth-order valence-corrected chi connectivity index (χ4v) is 3.15. The molecule has 1 aliphatic rings. The van der Waals surface area contributed by atoms with Gasteiger partial charge in [-0.2, -0.15) is 0 Å². The number of benzene rings is 1. The number of rotatable bonds is 5. The normalized spacial score (nSPS) is 18.6. The summed E-state index contributed by atoms with van der Waals surface area (Å²) >= 11 is 3.63. The molecule has 1 heterocycles. The van der Waals surface area contributed by atoms with Crippen LogP contribution in [0.4, 0.5) is 5.69 Å². The third-order valence-electron chi connectivity index (χ3n) is 3.48. The number of nitrogens with zero attached hydrogens (tertiary/aromatic N) is 1. The molecule has 21 heavy (non-hydrogen) atoms. The number of amides is 1. The second-order valence-corrected chi connectivity index (χ2v) is 5.85. The number of morpholine rings is 1. The molecule has 2 N–H and O–H groups in total. The summed E-state index contributed by atoms with van der Waals surface area (Å²) in [5.74, 6) is 0.0170. The van der Waals surface area contributed by atoms with Crippen molar-refractivity contribution in [2.24, 2.45) is 0 Å². The van der Waals surface area contributed by atoms with Crippen LogP contribution in [0.5, 0.6) is 0 Å². The maximum absolute atomic E-state index is 12.2. The SMILES string of the molecule is CCNC(=O)C1COCCN1c1ccc(CNC)cc1Br. The van der Waals surface area contributed by atoms with Gasteiger partial charge in [-0.05, 0) is 47.6 Å². The van der Waals surface area contributed by atoms with Crippen molar-refractivity contribution >= 4 is 27.5 Å². The molecule has 2 rings (SSSR count). The molecule has 0 radical (unpaired) electrons. The Morgan fingerprint density at radius 3 is 3.00 bits per heavy atom. The Balaban J connectivity index is 2.22. The smallest absolute Gasteiger partial charge is 0.245 e. The molecule has 0 bridgehead atoms. The number of carbonyl (C=O) groups is 1. The average Bonchev–Trinajstić information content (AvgIpc) is 2.48. The van der Waals surface area contributed by atoms with Crippen molar-refractivity contribution < 1.29 is 9.53 Å². The molecule has 1 saturated heterocycles. The van der Waals surface area contributed by atoms with Crippen LogP contribution in [0, 0.1) is 0 Å². The first-order chi connectivity index (χ1) is 10.2. The van der Waals surface area contributed by atoms with Crippen LogP contribution in [0.1, 0.15) is 12.5 Å². The Morgan fingerprint density at radius 1 is 1.52 bits per heavy atom. The highest BCUT2D eigenvalue weighted by Crippen LogP contribution is 2.30. The van der Waals surface area contributed by atoms with Gasteiger partial charge in [-0.25, -0.2) is 0 Å². The quantitative estimate of drug-likeness (QED) is 0.840. The summed E-state index contributed by atoms with van der Waals surface area (Å²) < 4.78 is 6.48. The number of likely N-dealkylation sites (N-methyl/N-ethyl adjacent to an activating group) is 1. The predicted octanol–water partition coefficient (Wildman–Crippen LogP) is 1.51. The zero-order valence-electron chi connectivity index (χ0n) is 12.5. The Labute approximate surface area is 134 Å². The summed E-state index contributed by atoms with van der Waals surface area (Å²) in [4.78, 5) is 14.3. The lowest BCUT2D eigenvalue weighted by Gasteiger charge is -2.37. The molecule has 1 unspecified atom stereocenters. The number of hydrogen-bond acceptors (Lipinski definition) is 4. The third-order valence-corrected chi connectivity index (χ3v) is 4.12. The van der Waals surface area contributed by atoms with Crippen LogP contribution < -0.4 is 15.5 Å². The number of hydrogen-bond donors (Lipinski definition) is 2. The minimum atomic E-state index is -0.273. The minimum Gasteiger partial charge on any atom is -0.377 e. The lowest BCUT2D eigenvalue weighted by atomic mass is 10.1. The largest absolute Gasteiger partial charge is 0.377 e. The van der Waals surface area contributed by atoms with Gasteiger partial charge in [0.1, 0.15) is 6.04 Å². The molecule has 1 aromatic rings. The van der Waals surface area contributed by atoms with E-state index in [0.717, 1.165) is 16.7 Å². The van der Waals surface area contributed by atoms with Gasteiger partial charge in [0.05, 0.1) is 18.9 Å². The van der Waals surface area contributed by atoms with E-state index in [4.69, 9.17) is 4.74 Å². The van der Waals surface area contributed by atoms with Gasteiger partial charge in [-0.3, -0.25) is 4.79 Å². The Kier molecular flexibility index (Phi) is 6.02. The molecular formula is C15H22BrN3O2. The highest BCUT2D eigenvalue weighted by atomic mass is 79.9. The number of carbonyl (C=O) groups excluding carboxylic acids is 1. The van der Waals surface area contributed by atoms with Crippen molar-refractivity contribution in [1.82, 2.24) is 10.6 Å². The van der Waals surface area contributed by atoms with E-state index in [1.807, 2.05) is 14.0 Å². The highest BCUT2D eigenvalue weighted by Gasteiger charge is 2.30. The van der Waals surface area contributed by atoms with E-state index >= 15 is 0 Å². The van der Waals surface area contributed by atoms with Crippen molar-refractivity contribution in [1.29, 1.82) is 0 Å². The van der Waals surface area contributed by atoms with Crippen LogP contribution >= 0.6 is 15.9 Å². The maximum Gasteiger partial charge on any atom is 0.245 e. The minimum absolute atomic E-state index is 0.0170. The lowest BCUT2D eigenvalue weighted by molar-refractivity contribution is -0.124. The molecule has 6 heteroatoms. The maximum atomic E-state index is 12.2. The molecule has 0 spiro atoms. The van der Waals surface area contributed by atoms with Crippen molar-refractivity contribution in [3.63, 3.8) is 0 Å². The van der Waals surface area contributed by atoms with Crippen molar-refractivity contribution in [2.45, 2.75) is 19.5 Å². The Morgan fingerprint density at radius 2 is 2.33 bits per heavy atom. The Hall–Kier alpha value is -1.11. The summed E-state index contributed by atoms with van der Waals surface area (Å²) in [5, 5.41) is 6.02. The Bertz CT molecular complexity index is 496. The molecule has 0 saturated carbocycles. The molecule has 1 aliphatic heterocycles. The van der Waals surface area contributed by atoms with E-state index in [9.17, 15) is 4.79 Å². The van der Waals surface area contributed by atoms with Crippen molar-refractivity contribution in [3.8, 4) is 0 Å². The third kappa shape index (κ3) is 3.96. The molecule has 116 valence electrons. The molecule has 1 atom stereocenters. The number of halogens is 1. The molecule has 0 aliphatic carbocycles. The topological polar surface area (TPSA) is 53.6 Å². The van der Waals surface area contributed by atoms with E-state index in [1.54, 1.807) is 0 Å². The molecule has 5 nitrogen and oxygen atoms in total. The first-order valence-corrected chi connectivity index (χ1v) is 8.01. The van der Waals surface area contributed by atoms with Gasteiger partial charge >= 0.3 is 0 Å². The molecule has 1 amide bonds. The molecule has 1 fully saturated rings. The monoisotopic (exact) mass is 355 g/mol. The summed E-state index contributed by atoms with van der Waals surface area (Å²) in [6.45, 7) is 5.16. The van der Waals surface area contributed by atoms with Crippen molar-refractivity contribution in [3.05, 3.63) is 28.2 Å². The van der Waals surface area contributed by atoms with E-state index in [-0.39, 0.29) is 11.9 Å². The van der Waals surface area contributed by atoms with Gasteiger partial charge in [0.2, 0.25) is 5.91 Å². The fourth-order valence-electron chi connectivity index (χ4n) is 2.50. The van der Waals surface area contributed by atoms with E-state index in [1.165, 1.54) is 5.56 Å². The summed E-state index contributed by atoms with van der Waals surface area (Å²) in [6, 6.07) is 5.97. The summed E-state index contributed by atoms with van der Waals surface area (Å²) in [7, 11) is 1.93. The van der Waals surface area contributed by atoms with E-state index < -0.39 is 0 Å². The summed E-state index contributed by atoms with van der Waals surface area (Å²) in [6.07, 6.45) is 0. The highest BCUT2D eigenvalue weighted by molar-refractivity contribution is 9.10. The predicted molar refractivity (Wildman–Crippen MR) is 87.5 cm³/mol. The second-order valence-electron chi connectivity index (χ2n) is 4.99. The van der Waals surface area contributed by atoms with Gasteiger partial charge in [-0.15, -0.1) is 0 Å². The molecule has 0 aromatic heterocycles. The van der Waals surface area contributed by atoms with E-state index in [0.29, 0.717) is 26.3 Å². The summed E-state index contributed by atoms with van der Waals surface area (Å²) in [5.41, 5.74) is 2.24. The van der Waals surface area contributed by atoms with Crippen molar-refractivity contribution in [2.75, 3.05) is 38.3 Å². The lowest BCUT2D eigenvalue weighted by Crippen LogP contribution is -2.54. The van der Waals surface area contributed by atoms with Gasteiger partial charge in [-0.1, -0.05) is 6.07 Å². The first kappa shape index (κ1) is 16.3. The van der Waals surface area contributed by atoms with Gasteiger partial charge in [0, 0.05) is 24.1 Å². The molecule has 1 aromatic carbocycles. The van der Waals surface area contributed by atoms with Crippen LogP contribution in [0.2, 0.25) is 0 Å². The van der Waals surface area contributed by atoms with Crippen LogP contribution in [0.25, 0.3) is 0 Å². The van der Waals surface area contributed by atoms with Crippen LogP contribution in [0.15, 0.2) is 22.7 Å². The van der Waals surface area contributed by atoms with E-state index in [2.05, 4.69) is 49.7 Å². The standard InChI is InChI=1S/C15H22BrN3O2/c1-3-18-15(20)14-10-21-7-6-19(14)13-5-4-11(9-17-2)8-12(13)16/h4-5,8,14,17H,3,6-7,9-10H2,1-2H3,(H,18,20). The van der Waals surface area contributed by atoms with Crippen LogP contribution in [0.3, 0.4) is 0 Å².